The first kappa shape index (κ1) is 21.8. The molecule has 0 aliphatic heterocycles. The number of amides is 1. The number of carbonyl (C=O) groups is 1. The molecule has 0 unspecified atom stereocenters. The highest BCUT2D eigenvalue weighted by atomic mass is 32.2. The van der Waals surface area contributed by atoms with Crippen molar-refractivity contribution in [3.05, 3.63) is 81.9 Å². The Morgan fingerprint density at radius 2 is 1.75 bits per heavy atom. The minimum atomic E-state index is -0.766. The third-order valence-corrected chi connectivity index (χ3v) is 6.26. The van der Waals surface area contributed by atoms with E-state index in [0.29, 0.717) is 17.8 Å². The second kappa shape index (κ2) is 9.00. The van der Waals surface area contributed by atoms with Crippen molar-refractivity contribution < 1.29 is 4.79 Å². The van der Waals surface area contributed by atoms with Crippen LogP contribution in [0.2, 0.25) is 0 Å². The molecule has 0 saturated heterocycles. The second-order valence-corrected chi connectivity index (χ2v) is 8.51. The molecular formula is C24H25N5O2S. The number of benzene rings is 2. The summed E-state index contributed by atoms with van der Waals surface area (Å²) >= 11 is 1.67. The molecule has 0 radical (unpaired) electrons. The number of para-hydroxylation sites is 1. The Balaban J connectivity index is 1.62. The normalized spacial score (nSPS) is 12.1. The third kappa shape index (κ3) is 4.05. The van der Waals surface area contributed by atoms with Gasteiger partial charge in [-0.1, -0.05) is 30.3 Å². The van der Waals surface area contributed by atoms with Crippen LogP contribution < -0.4 is 10.9 Å². The number of thioether (sulfide) groups is 1. The van der Waals surface area contributed by atoms with E-state index in [9.17, 15) is 9.59 Å². The molecule has 0 fully saturated rings. The van der Waals surface area contributed by atoms with Crippen molar-refractivity contribution in [2.24, 2.45) is 0 Å². The van der Waals surface area contributed by atoms with Crippen LogP contribution in [0, 0.1) is 13.8 Å². The SMILES string of the molecule is CSc1ccc(CNC(=O)[C@@H](C)n2nc(C)c3c(C)n(-c4ccccc4)nc3c2=O)cc1. The van der Waals surface area contributed by atoms with E-state index >= 15 is 0 Å². The van der Waals surface area contributed by atoms with Gasteiger partial charge in [0.2, 0.25) is 5.91 Å². The molecule has 2 heterocycles. The second-order valence-electron chi connectivity index (χ2n) is 7.63. The summed E-state index contributed by atoms with van der Waals surface area (Å²) in [4.78, 5) is 27.2. The van der Waals surface area contributed by atoms with Crippen LogP contribution in [0.4, 0.5) is 0 Å². The van der Waals surface area contributed by atoms with Crippen LogP contribution in [-0.4, -0.2) is 31.7 Å². The number of hydrogen-bond donors (Lipinski definition) is 1. The van der Waals surface area contributed by atoms with Gasteiger partial charge in [-0.2, -0.15) is 10.2 Å². The van der Waals surface area contributed by atoms with Crippen molar-refractivity contribution in [3.63, 3.8) is 0 Å². The lowest BCUT2D eigenvalue weighted by Crippen LogP contribution is -2.37. The van der Waals surface area contributed by atoms with Crippen LogP contribution in [0.5, 0.6) is 0 Å². The zero-order valence-electron chi connectivity index (χ0n) is 18.5. The first-order chi connectivity index (χ1) is 15.4. The van der Waals surface area contributed by atoms with Crippen LogP contribution in [0.1, 0.15) is 29.9 Å². The molecular weight excluding hydrogens is 422 g/mol. The Kier molecular flexibility index (Phi) is 6.14. The van der Waals surface area contributed by atoms with Crippen LogP contribution in [0.25, 0.3) is 16.6 Å². The van der Waals surface area contributed by atoms with Gasteiger partial charge < -0.3 is 5.32 Å². The molecule has 0 bridgehead atoms. The Morgan fingerprint density at radius 3 is 2.41 bits per heavy atom. The number of aromatic nitrogens is 4. The molecule has 1 N–H and O–H groups in total. The quantitative estimate of drug-likeness (QED) is 0.455. The van der Waals surface area contributed by atoms with Crippen molar-refractivity contribution in [1.29, 1.82) is 0 Å². The van der Waals surface area contributed by atoms with Gasteiger partial charge in [0.15, 0.2) is 5.52 Å². The summed E-state index contributed by atoms with van der Waals surface area (Å²) in [6.45, 7) is 5.81. The standard InChI is InChI=1S/C24H25N5O2S/c1-15-21-16(2)28(19-8-6-5-7-9-19)27-22(21)24(31)29(26-15)17(3)23(30)25-14-18-10-12-20(32-4)13-11-18/h5-13,17H,14H2,1-4H3,(H,25,30)/t17-/m1/s1. The van der Waals surface area contributed by atoms with Gasteiger partial charge in [0, 0.05) is 11.4 Å². The molecule has 2 aromatic carbocycles. The predicted octanol–water partition coefficient (Wildman–Crippen LogP) is 3.80. The number of nitrogens with zero attached hydrogens (tertiary/aromatic N) is 4. The minimum Gasteiger partial charge on any atom is -0.350 e. The van der Waals surface area contributed by atoms with Gasteiger partial charge in [0.1, 0.15) is 6.04 Å². The van der Waals surface area contributed by atoms with Gasteiger partial charge >= 0.3 is 0 Å². The lowest BCUT2D eigenvalue weighted by molar-refractivity contribution is -0.124. The summed E-state index contributed by atoms with van der Waals surface area (Å²) in [6, 6.07) is 16.9. The van der Waals surface area contributed by atoms with E-state index in [2.05, 4.69) is 15.5 Å². The first-order valence-corrected chi connectivity index (χ1v) is 11.6. The number of carbonyl (C=O) groups excluding carboxylic acids is 1. The van der Waals surface area contributed by atoms with Crippen LogP contribution in [0.3, 0.4) is 0 Å². The first-order valence-electron chi connectivity index (χ1n) is 10.4. The Labute approximate surface area is 190 Å². The molecule has 0 saturated carbocycles. The fourth-order valence-corrected chi connectivity index (χ4v) is 4.13. The molecule has 1 amide bonds. The molecule has 0 aliphatic rings. The number of fused-ring (bicyclic) bond motifs is 1. The third-order valence-electron chi connectivity index (χ3n) is 5.52. The van der Waals surface area contributed by atoms with Crippen molar-refractivity contribution in [1.82, 2.24) is 24.9 Å². The van der Waals surface area contributed by atoms with Crippen LogP contribution in [0.15, 0.2) is 64.3 Å². The number of hydrogen-bond acceptors (Lipinski definition) is 5. The van der Waals surface area contributed by atoms with Crippen LogP contribution in [-0.2, 0) is 11.3 Å². The Bertz CT molecular complexity index is 1330. The Hall–Kier alpha value is -3.39. The van der Waals surface area contributed by atoms with Crippen molar-refractivity contribution >= 4 is 28.6 Å². The van der Waals surface area contributed by atoms with E-state index in [1.165, 1.54) is 9.58 Å². The zero-order valence-corrected chi connectivity index (χ0v) is 19.3. The fraction of sp³-hybridized carbons (Fsp3) is 0.250. The monoisotopic (exact) mass is 447 g/mol. The smallest absolute Gasteiger partial charge is 0.295 e. The van der Waals surface area contributed by atoms with Gasteiger partial charge in [-0.05, 0) is 56.9 Å². The maximum atomic E-state index is 13.2. The summed E-state index contributed by atoms with van der Waals surface area (Å²) in [5, 5.41) is 12.6. The molecule has 4 rings (SSSR count). The minimum absolute atomic E-state index is 0.272. The number of nitrogens with one attached hydrogen (secondary N) is 1. The van der Waals surface area contributed by atoms with E-state index in [-0.39, 0.29) is 11.5 Å². The van der Waals surface area contributed by atoms with Crippen molar-refractivity contribution in [2.75, 3.05) is 6.26 Å². The van der Waals surface area contributed by atoms with Crippen molar-refractivity contribution in [3.8, 4) is 5.69 Å². The van der Waals surface area contributed by atoms with Crippen LogP contribution >= 0.6 is 11.8 Å². The summed E-state index contributed by atoms with van der Waals surface area (Å²) in [7, 11) is 0. The van der Waals surface area contributed by atoms with Gasteiger partial charge in [-0.3, -0.25) is 9.59 Å². The van der Waals surface area contributed by atoms with Gasteiger partial charge in [-0.25, -0.2) is 9.36 Å². The topological polar surface area (TPSA) is 81.8 Å². The fourth-order valence-electron chi connectivity index (χ4n) is 3.73. The van der Waals surface area contributed by atoms with E-state index in [0.717, 1.165) is 22.3 Å². The maximum Gasteiger partial charge on any atom is 0.295 e. The Morgan fingerprint density at radius 1 is 1.06 bits per heavy atom. The van der Waals surface area contributed by atoms with Gasteiger partial charge in [0.25, 0.3) is 5.56 Å². The highest BCUT2D eigenvalue weighted by Gasteiger charge is 2.23. The largest absolute Gasteiger partial charge is 0.350 e. The average molecular weight is 448 g/mol. The summed E-state index contributed by atoms with van der Waals surface area (Å²) in [5.74, 6) is -0.272. The lowest BCUT2D eigenvalue weighted by Gasteiger charge is -2.15. The van der Waals surface area contributed by atoms with Gasteiger partial charge in [-0.15, -0.1) is 11.8 Å². The lowest BCUT2D eigenvalue weighted by atomic mass is 10.2. The zero-order chi connectivity index (χ0) is 22.8. The molecule has 32 heavy (non-hydrogen) atoms. The molecule has 7 nitrogen and oxygen atoms in total. The molecule has 0 spiro atoms. The molecule has 0 aliphatic carbocycles. The number of rotatable bonds is 6. The molecule has 2 aromatic heterocycles. The molecule has 164 valence electrons. The van der Waals surface area contributed by atoms with Crippen molar-refractivity contribution in [2.45, 2.75) is 38.3 Å². The van der Waals surface area contributed by atoms with E-state index in [1.807, 2.05) is 74.7 Å². The molecule has 8 heteroatoms. The van der Waals surface area contributed by atoms with E-state index in [4.69, 9.17) is 0 Å². The number of aryl methyl sites for hydroxylation is 2. The van der Waals surface area contributed by atoms with Gasteiger partial charge in [0.05, 0.1) is 22.5 Å². The summed E-state index contributed by atoms with van der Waals surface area (Å²) in [5.41, 5.74) is 3.29. The van der Waals surface area contributed by atoms with E-state index < -0.39 is 6.04 Å². The summed E-state index contributed by atoms with van der Waals surface area (Å²) in [6.07, 6.45) is 2.02. The maximum absolute atomic E-state index is 13.2. The molecule has 4 aromatic rings. The van der Waals surface area contributed by atoms with E-state index in [1.54, 1.807) is 23.4 Å². The average Bonchev–Trinajstić information content (AvgIpc) is 3.18. The highest BCUT2D eigenvalue weighted by Crippen LogP contribution is 2.21. The molecule has 1 atom stereocenters. The predicted molar refractivity (Wildman–Crippen MR) is 127 cm³/mol. The summed E-state index contributed by atoms with van der Waals surface area (Å²) < 4.78 is 2.97. The highest BCUT2D eigenvalue weighted by molar-refractivity contribution is 7.98.